The smallest absolute Gasteiger partial charge is 0.392 e. The number of hydrogen-bond donors (Lipinski definition) is 4. The molecule has 4 atom stereocenters. The Morgan fingerprint density at radius 3 is 2.37 bits per heavy atom. The normalized spacial score (nSPS) is 18.1. The number of pyridine rings is 1. The molecule has 0 fully saturated rings. The number of aryl methyl sites for hydroxylation is 1. The first-order valence-electron chi connectivity index (χ1n) is 17.3. The number of carbonyl (C=O) groups excluding carboxylic acids is 1. The van der Waals surface area contributed by atoms with Crippen LogP contribution in [-0.4, -0.2) is 67.5 Å². The molecule has 59 heavy (non-hydrogen) atoms. The van der Waals surface area contributed by atoms with Gasteiger partial charge in [-0.25, -0.2) is 22.2 Å². The Morgan fingerprint density at radius 1 is 1.08 bits per heavy atom. The lowest BCUT2D eigenvalue weighted by molar-refractivity contribution is -0.142. The van der Waals surface area contributed by atoms with Gasteiger partial charge in [-0.05, 0) is 55.2 Å². The van der Waals surface area contributed by atoms with E-state index in [9.17, 15) is 45.4 Å². The number of nitrogens with one attached hydrogen (secondary N) is 2. The largest absolute Gasteiger partial charge is 0.435 e. The lowest BCUT2D eigenvalue weighted by Crippen LogP contribution is -2.36. The van der Waals surface area contributed by atoms with Gasteiger partial charge in [-0.3, -0.25) is 18.9 Å². The number of amides is 1. The van der Waals surface area contributed by atoms with E-state index in [2.05, 4.69) is 48.9 Å². The molecule has 4 N–H and O–H groups in total. The van der Waals surface area contributed by atoms with Crippen LogP contribution >= 0.6 is 11.6 Å². The van der Waals surface area contributed by atoms with Gasteiger partial charge in [-0.15, -0.1) is 0 Å². The molecule has 0 saturated heterocycles. The maximum atomic E-state index is 15.5. The molecule has 21 heteroatoms. The topological polar surface area (TPSA) is 164 Å². The highest BCUT2D eigenvalue weighted by atomic mass is 35.5. The molecule has 2 aromatic carbocycles. The van der Waals surface area contributed by atoms with Crippen LogP contribution in [0, 0.1) is 41.2 Å². The summed E-state index contributed by atoms with van der Waals surface area (Å²) in [5.74, 6) is -0.861. The van der Waals surface area contributed by atoms with Crippen LogP contribution in [0.1, 0.15) is 52.8 Å². The Morgan fingerprint density at radius 2 is 1.76 bits per heavy atom. The summed E-state index contributed by atoms with van der Waals surface area (Å²) in [4.78, 5) is 18.6. The van der Waals surface area contributed by atoms with Gasteiger partial charge in [0.05, 0.1) is 46.4 Å². The maximum absolute atomic E-state index is 15.5. The molecule has 1 unspecified atom stereocenters. The number of anilines is 1. The summed E-state index contributed by atoms with van der Waals surface area (Å²) >= 11 is 6.55. The van der Waals surface area contributed by atoms with Gasteiger partial charge in [0.15, 0.2) is 11.5 Å². The van der Waals surface area contributed by atoms with Gasteiger partial charge in [0, 0.05) is 29.8 Å². The summed E-state index contributed by atoms with van der Waals surface area (Å²) in [6, 6.07) is 6.76. The molecule has 0 aliphatic heterocycles. The fraction of sp³-hybridized carbons (Fsp3) is 0.316. The van der Waals surface area contributed by atoms with Crippen LogP contribution in [0.2, 0.25) is 5.02 Å². The molecule has 0 bridgehead atoms. The summed E-state index contributed by atoms with van der Waals surface area (Å²) in [7, 11) is -2.41. The van der Waals surface area contributed by atoms with Gasteiger partial charge in [0.2, 0.25) is 15.9 Å². The van der Waals surface area contributed by atoms with Crippen LogP contribution < -0.4 is 10.0 Å². The van der Waals surface area contributed by atoms with E-state index in [0.29, 0.717) is 6.07 Å². The SMILES string of the molecule is Cn1nc(NS(C)(=O)=O)c2c(Cl)ccc(-c3ccc(C#CC(C)(O)CO)nc3[C@H](Cc3cc(F)cc(F)c3)NC(=O)Cn3nc(C(F)(F)F)c4c3C(F)(F)[C@@H]3C#C[C@H]43)c21. The summed E-state index contributed by atoms with van der Waals surface area (Å²) in [5.41, 5.74) is -5.09. The average Bonchev–Trinajstić information content (AvgIpc) is 3.68. The Kier molecular flexibility index (Phi) is 10.2. The van der Waals surface area contributed by atoms with E-state index >= 15 is 8.78 Å². The second-order valence-corrected chi connectivity index (χ2v) is 16.4. The van der Waals surface area contributed by atoms with Crippen LogP contribution in [0.25, 0.3) is 22.0 Å². The third-order valence-corrected chi connectivity index (χ3v) is 10.4. The van der Waals surface area contributed by atoms with Crippen molar-refractivity contribution < 1.29 is 54.2 Å². The monoisotopic (exact) mass is 863 g/mol. The number of sulfonamides is 1. The van der Waals surface area contributed by atoms with Crippen molar-refractivity contribution in [2.24, 2.45) is 13.0 Å². The molecule has 3 heterocycles. The first kappa shape index (κ1) is 41.5. The third-order valence-electron chi connectivity index (χ3n) is 9.53. The number of hydrogen-bond acceptors (Lipinski definition) is 8. The van der Waals surface area contributed by atoms with Gasteiger partial charge in [-0.2, -0.15) is 32.1 Å². The number of benzene rings is 2. The van der Waals surface area contributed by atoms with E-state index in [1.807, 2.05) is 0 Å². The molecule has 2 aliphatic rings. The highest BCUT2D eigenvalue weighted by molar-refractivity contribution is 7.92. The summed E-state index contributed by atoms with van der Waals surface area (Å²) in [6.07, 6.45) is -4.75. The van der Waals surface area contributed by atoms with Crippen LogP contribution in [0.3, 0.4) is 0 Å². The summed E-state index contributed by atoms with van der Waals surface area (Å²) in [6.45, 7) is -0.742. The average molecular weight is 864 g/mol. The van der Waals surface area contributed by atoms with Crippen molar-refractivity contribution in [3.63, 3.8) is 0 Å². The van der Waals surface area contributed by atoms with Crippen LogP contribution in [0.15, 0.2) is 42.5 Å². The minimum absolute atomic E-state index is 0.0544. The van der Waals surface area contributed by atoms with E-state index in [0.717, 1.165) is 18.4 Å². The zero-order valence-electron chi connectivity index (χ0n) is 30.7. The lowest BCUT2D eigenvalue weighted by atomic mass is 9.84. The Hall–Kier alpha value is -5.67. The summed E-state index contributed by atoms with van der Waals surface area (Å²) < 4.78 is 131. The molecule has 1 amide bonds. The molecular formula is C38H29ClF7N7O5S. The number of aliphatic hydroxyl groups excluding tert-OH is 1. The van der Waals surface area contributed by atoms with Crippen LogP contribution in [-0.2, 0) is 46.9 Å². The zero-order valence-corrected chi connectivity index (χ0v) is 32.3. The van der Waals surface area contributed by atoms with Crippen molar-refractivity contribution in [1.82, 2.24) is 29.9 Å². The first-order valence-corrected chi connectivity index (χ1v) is 19.6. The molecule has 7 rings (SSSR count). The number of aromatic nitrogens is 5. The molecule has 0 saturated carbocycles. The minimum Gasteiger partial charge on any atom is -0.392 e. The molecule has 5 aromatic rings. The first-order chi connectivity index (χ1) is 27.5. The van der Waals surface area contributed by atoms with Gasteiger partial charge in [0.25, 0.3) is 0 Å². The third kappa shape index (κ3) is 7.93. The molecular weight excluding hydrogens is 835 g/mol. The van der Waals surface area contributed by atoms with Gasteiger partial charge in [-0.1, -0.05) is 35.4 Å². The predicted octanol–water partition coefficient (Wildman–Crippen LogP) is 5.17. The predicted molar refractivity (Wildman–Crippen MR) is 198 cm³/mol. The molecule has 2 aliphatic carbocycles. The van der Waals surface area contributed by atoms with Crippen molar-refractivity contribution in [2.75, 3.05) is 17.6 Å². The highest BCUT2D eigenvalue weighted by Gasteiger charge is 2.62. The Bertz CT molecular complexity index is 2800. The van der Waals surface area contributed by atoms with Crippen LogP contribution in [0.5, 0.6) is 0 Å². The van der Waals surface area contributed by atoms with Gasteiger partial charge in [0.1, 0.15) is 41.1 Å². The standard InChI is InChI=1S/C38H29ClF7N7O5S/c1-36(56,17-54)11-10-21-4-5-22(23-7-9-26(39)30-32(23)52(2)50-35(30)51-59(3,57)58)31(47-21)27(14-18-12-19(40)15-20(41)13-18)48-28(55)16-53-34-29(33(49-53)38(44,45)46)24-6-8-25(24)37(34,42)43/h4-5,7,9,12-13,15,24-25,27,54,56H,14,16-17H2,1-3H3,(H,48,55)(H,50,51)/t24-,25+,27-,36?/m0/s1. The number of nitrogens with zero attached hydrogens (tertiary/aromatic N) is 5. The number of rotatable bonds is 10. The molecule has 0 radical (unpaired) electrons. The van der Waals surface area contributed by atoms with Crippen molar-refractivity contribution in [3.05, 3.63) is 93.0 Å². The van der Waals surface area contributed by atoms with Crippen molar-refractivity contribution >= 4 is 44.3 Å². The van der Waals surface area contributed by atoms with E-state index in [-0.39, 0.29) is 54.5 Å². The molecule has 0 spiro atoms. The van der Waals surface area contributed by atoms with Gasteiger partial charge >= 0.3 is 12.1 Å². The van der Waals surface area contributed by atoms with Crippen molar-refractivity contribution in [3.8, 4) is 34.8 Å². The Labute approximate surface area is 335 Å². The van der Waals surface area contributed by atoms with E-state index in [1.54, 1.807) is 0 Å². The second-order valence-electron chi connectivity index (χ2n) is 14.2. The summed E-state index contributed by atoms with van der Waals surface area (Å²) in [5, 5.41) is 30.3. The number of fused-ring (bicyclic) bond motifs is 4. The molecule has 12 nitrogen and oxygen atoms in total. The minimum atomic E-state index is -5.18. The number of aliphatic hydroxyl groups is 2. The fourth-order valence-electron chi connectivity index (χ4n) is 7.06. The van der Waals surface area contributed by atoms with E-state index in [4.69, 9.17) is 11.6 Å². The second kappa shape index (κ2) is 14.6. The Balaban J connectivity index is 1.40. The number of alkyl halides is 5. The lowest BCUT2D eigenvalue weighted by Gasteiger charge is -2.24. The zero-order chi connectivity index (χ0) is 43.0. The van der Waals surface area contributed by atoms with Crippen LogP contribution in [0.4, 0.5) is 36.6 Å². The van der Waals surface area contributed by atoms with E-state index < -0.39 is 99.7 Å². The van der Waals surface area contributed by atoms with Crippen molar-refractivity contribution in [2.45, 2.75) is 49.5 Å². The fourth-order valence-corrected chi connectivity index (χ4v) is 7.79. The van der Waals surface area contributed by atoms with Gasteiger partial charge < -0.3 is 15.5 Å². The molecule has 308 valence electrons. The van der Waals surface area contributed by atoms with E-state index in [1.165, 1.54) is 42.9 Å². The molecule has 3 aromatic heterocycles. The number of halogens is 8. The quantitative estimate of drug-likeness (QED) is 0.110. The van der Waals surface area contributed by atoms with Crippen molar-refractivity contribution in [1.29, 1.82) is 0 Å². The number of carbonyl (C=O) groups is 1. The highest BCUT2D eigenvalue weighted by Crippen LogP contribution is 2.58. The maximum Gasteiger partial charge on any atom is 0.435 e.